The normalized spacial score (nSPS) is 32.3. The Morgan fingerprint density at radius 1 is 1.48 bits per heavy atom. The van der Waals surface area contributed by atoms with Crippen molar-refractivity contribution in [3.63, 3.8) is 0 Å². The molecule has 2 fully saturated rings. The second-order valence-electron chi connectivity index (χ2n) is 7.60. The molecule has 2 saturated heterocycles. The Morgan fingerprint density at radius 2 is 2.16 bits per heavy atom. The highest BCUT2D eigenvalue weighted by Gasteiger charge is 2.62. The molecule has 4 atom stereocenters. The quantitative estimate of drug-likeness (QED) is 0.578. The molecule has 3 rings (SSSR count). The van der Waals surface area contributed by atoms with Crippen LogP contribution in [-0.2, 0) is 9.59 Å². The van der Waals surface area contributed by atoms with E-state index in [4.69, 9.17) is 5.73 Å². The van der Waals surface area contributed by atoms with Gasteiger partial charge < -0.3 is 15.7 Å². The molecule has 3 N–H and O–H groups in total. The van der Waals surface area contributed by atoms with Crippen molar-refractivity contribution in [2.45, 2.75) is 48.7 Å². The first-order chi connectivity index (χ1) is 11.6. The van der Waals surface area contributed by atoms with Crippen molar-refractivity contribution in [3.8, 4) is 0 Å². The third kappa shape index (κ3) is 3.17. The SMILES string of the molecule is Cc1nnc(SCC2(C(=O)O)CN3C(=O)C(N)[C@H]3SC2C(C)(C)C)s1. The number of carbonyl (C=O) groups is 2. The number of aromatic nitrogens is 2. The van der Waals surface area contributed by atoms with Crippen LogP contribution in [0.4, 0.5) is 0 Å². The lowest BCUT2D eigenvalue weighted by molar-refractivity contribution is -0.158. The number of carboxylic acids is 1. The van der Waals surface area contributed by atoms with Crippen LogP contribution in [0.2, 0.25) is 0 Å². The molecule has 3 unspecified atom stereocenters. The predicted octanol–water partition coefficient (Wildman–Crippen LogP) is 1.67. The molecule has 3 heterocycles. The molecular formula is C15H22N4O3S3. The molecule has 0 spiro atoms. The number of hydrogen-bond donors (Lipinski definition) is 2. The number of fused-ring (bicyclic) bond motifs is 1. The molecule has 2 aliphatic heterocycles. The summed E-state index contributed by atoms with van der Waals surface area (Å²) in [6, 6.07) is -0.528. The molecule has 7 nitrogen and oxygen atoms in total. The number of aryl methyl sites for hydroxylation is 1. The van der Waals surface area contributed by atoms with E-state index in [-0.39, 0.29) is 28.5 Å². The van der Waals surface area contributed by atoms with Crippen molar-refractivity contribution < 1.29 is 14.7 Å². The summed E-state index contributed by atoms with van der Waals surface area (Å²) in [5.41, 5.74) is 4.63. The van der Waals surface area contributed by atoms with Gasteiger partial charge in [-0.25, -0.2) is 0 Å². The van der Waals surface area contributed by atoms with Gasteiger partial charge in [-0.05, 0) is 12.3 Å². The average Bonchev–Trinajstić information content (AvgIpc) is 2.95. The van der Waals surface area contributed by atoms with Gasteiger partial charge in [-0.3, -0.25) is 9.59 Å². The number of nitrogens with zero attached hydrogens (tertiary/aromatic N) is 3. The van der Waals surface area contributed by atoms with E-state index in [0.29, 0.717) is 5.75 Å². The van der Waals surface area contributed by atoms with Crippen LogP contribution in [-0.4, -0.2) is 61.0 Å². The first-order valence-electron chi connectivity index (χ1n) is 7.94. The van der Waals surface area contributed by atoms with Gasteiger partial charge in [0.25, 0.3) is 0 Å². The first-order valence-corrected chi connectivity index (χ1v) is 10.7. The van der Waals surface area contributed by atoms with E-state index in [0.717, 1.165) is 9.35 Å². The van der Waals surface area contributed by atoms with Crippen LogP contribution >= 0.6 is 34.9 Å². The maximum atomic E-state index is 12.4. The fourth-order valence-corrected chi connectivity index (χ4v) is 7.43. The topological polar surface area (TPSA) is 109 Å². The van der Waals surface area contributed by atoms with Crippen molar-refractivity contribution in [3.05, 3.63) is 5.01 Å². The molecule has 0 radical (unpaired) electrons. The summed E-state index contributed by atoms with van der Waals surface area (Å²) in [6.07, 6.45) is 0. The van der Waals surface area contributed by atoms with Crippen molar-refractivity contribution in [2.24, 2.45) is 16.6 Å². The number of amides is 1. The summed E-state index contributed by atoms with van der Waals surface area (Å²) in [6.45, 7) is 8.20. The standard InChI is InChI=1S/C15H22N4O3S3/c1-7-17-18-13(24-7)23-6-15(12(21)22)5-19-9(20)8(16)10(19)25-11(15)14(2,3)4/h8,10-11H,5-6,16H2,1-4H3,(H,21,22)/t8?,10-,11?,15?/m1/s1. The largest absolute Gasteiger partial charge is 0.481 e. The summed E-state index contributed by atoms with van der Waals surface area (Å²) >= 11 is 4.39. The fourth-order valence-electron chi connectivity index (χ4n) is 3.46. The average molecular weight is 403 g/mol. The Balaban J connectivity index is 1.92. The van der Waals surface area contributed by atoms with Gasteiger partial charge in [-0.1, -0.05) is 43.9 Å². The molecule has 25 heavy (non-hydrogen) atoms. The summed E-state index contributed by atoms with van der Waals surface area (Å²) in [5, 5.41) is 18.8. The molecule has 2 aliphatic rings. The Labute approximate surface area is 159 Å². The van der Waals surface area contributed by atoms with E-state index in [1.165, 1.54) is 34.9 Å². The van der Waals surface area contributed by atoms with Crippen LogP contribution in [0.3, 0.4) is 0 Å². The minimum absolute atomic E-state index is 0.127. The smallest absolute Gasteiger partial charge is 0.313 e. The predicted molar refractivity (Wildman–Crippen MR) is 99.7 cm³/mol. The molecule has 0 aromatic carbocycles. The van der Waals surface area contributed by atoms with Crippen LogP contribution in [0.15, 0.2) is 4.34 Å². The zero-order valence-corrected chi connectivity index (χ0v) is 17.0. The zero-order valence-electron chi connectivity index (χ0n) is 14.6. The van der Waals surface area contributed by atoms with Gasteiger partial charge in [0.2, 0.25) is 5.91 Å². The molecule has 1 aromatic rings. The number of rotatable bonds is 4. The Kier molecular flexibility index (Phi) is 4.85. The number of carboxylic acid groups (broad SMARTS) is 1. The third-order valence-corrected chi connectivity index (χ3v) is 9.07. The number of hydrogen-bond acceptors (Lipinski definition) is 8. The highest BCUT2D eigenvalue weighted by molar-refractivity contribution is 8.02. The van der Waals surface area contributed by atoms with Gasteiger partial charge in [-0.2, -0.15) is 0 Å². The Morgan fingerprint density at radius 3 is 2.68 bits per heavy atom. The summed E-state index contributed by atoms with van der Waals surface area (Å²) in [7, 11) is 0. The van der Waals surface area contributed by atoms with E-state index in [9.17, 15) is 14.7 Å². The van der Waals surface area contributed by atoms with Crippen molar-refractivity contribution in [2.75, 3.05) is 12.3 Å². The Hall–Kier alpha value is -0.840. The second-order valence-corrected chi connectivity index (χ2v) is 11.2. The molecule has 10 heteroatoms. The van der Waals surface area contributed by atoms with Crippen molar-refractivity contribution in [1.82, 2.24) is 15.1 Å². The van der Waals surface area contributed by atoms with E-state index in [1.807, 2.05) is 27.7 Å². The van der Waals surface area contributed by atoms with E-state index in [1.54, 1.807) is 4.90 Å². The van der Waals surface area contributed by atoms with Gasteiger partial charge in [-0.15, -0.1) is 22.0 Å². The number of aliphatic carboxylic acids is 1. The number of nitrogens with two attached hydrogens (primary N) is 1. The minimum atomic E-state index is -1.06. The number of carbonyl (C=O) groups excluding carboxylic acids is 1. The van der Waals surface area contributed by atoms with Crippen LogP contribution in [0.25, 0.3) is 0 Å². The minimum Gasteiger partial charge on any atom is -0.481 e. The molecule has 0 bridgehead atoms. The van der Waals surface area contributed by atoms with Gasteiger partial charge in [0.05, 0.1) is 0 Å². The van der Waals surface area contributed by atoms with Crippen LogP contribution in [0.1, 0.15) is 25.8 Å². The maximum Gasteiger partial charge on any atom is 0.313 e. The number of β-lactam (4-membered cyclic amide) rings is 1. The first kappa shape index (κ1) is 18.9. The van der Waals surface area contributed by atoms with Crippen LogP contribution < -0.4 is 5.73 Å². The van der Waals surface area contributed by atoms with Crippen LogP contribution in [0.5, 0.6) is 0 Å². The third-order valence-electron chi connectivity index (χ3n) is 4.59. The highest BCUT2D eigenvalue weighted by atomic mass is 32.2. The van der Waals surface area contributed by atoms with Gasteiger partial charge >= 0.3 is 5.97 Å². The van der Waals surface area contributed by atoms with Crippen LogP contribution in [0, 0.1) is 17.8 Å². The molecule has 0 aliphatic carbocycles. The summed E-state index contributed by atoms with van der Waals surface area (Å²) < 4.78 is 0.754. The maximum absolute atomic E-state index is 12.4. The monoisotopic (exact) mass is 402 g/mol. The van der Waals surface area contributed by atoms with E-state index < -0.39 is 17.4 Å². The lowest BCUT2D eigenvalue weighted by Gasteiger charge is -2.58. The van der Waals surface area contributed by atoms with Crippen molar-refractivity contribution in [1.29, 1.82) is 0 Å². The molecule has 1 amide bonds. The number of thioether (sulfide) groups is 2. The van der Waals surface area contributed by atoms with Crippen molar-refractivity contribution >= 4 is 46.7 Å². The lowest BCUT2D eigenvalue weighted by Crippen LogP contribution is -2.75. The van der Waals surface area contributed by atoms with Gasteiger partial charge in [0.1, 0.15) is 21.8 Å². The van der Waals surface area contributed by atoms with Gasteiger partial charge in [0.15, 0.2) is 4.34 Å². The Bertz CT molecular complexity index is 704. The van der Waals surface area contributed by atoms with Gasteiger partial charge in [0, 0.05) is 17.5 Å². The molecular weight excluding hydrogens is 380 g/mol. The molecule has 1 aromatic heterocycles. The zero-order chi connectivity index (χ0) is 18.6. The van der Waals surface area contributed by atoms with E-state index in [2.05, 4.69) is 10.2 Å². The fraction of sp³-hybridized carbons (Fsp3) is 0.733. The van der Waals surface area contributed by atoms with E-state index >= 15 is 0 Å². The second kappa shape index (κ2) is 6.40. The summed E-state index contributed by atoms with van der Waals surface area (Å²) in [5.74, 6) is -0.690. The molecule has 138 valence electrons. The summed E-state index contributed by atoms with van der Waals surface area (Å²) in [4.78, 5) is 26.1. The molecule has 0 saturated carbocycles. The lowest BCUT2D eigenvalue weighted by atomic mass is 9.72. The highest BCUT2D eigenvalue weighted by Crippen LogP contribution is 2.54.